The average Bonchev–Trinajstić information content (AvgIpc) is 2.04. The number of hydrogen-bond acceptors (Lipinski definition) is 3. The summed E-state index contributed by atoms with van der Waals surface area (Å²) in [6, 6.07) is 2.35. The Bertz CT molecular complexity index is 153. The minimum Gasteiger partial charge on any atom is -0.392 e. The van der Waals surface area contributed by atoms with E-state index in [-0.39, 0.29) is 12.1 Å². The second-order valence-electron chi connectivity index (χ2n) is 3.21. The van der Waals surface area contributed by atoms with Crippen molar-refractivity contribution < 1.29 is 5.11 Å². The lowest BCUT2D eigenvalue weighted by atomic mass is 10.2. The molecule has 0 radical (unpaired) electrons. The first-order chi connectivity index (χ1) is 5.61. The van der Waals surface area contributed by atoms with Crippen LogP contribution in [0.15, 0.2) is 0 Å². The average molecular weight is 170 g/mol. The maximum atomic E-state index is 9.32. The molecule has 0 aliphatic rings. The Hall–Kier alpha value is -0.590. The van der Waals surface area contributed by atoms with E-state index in [9.17, 15) is 5.11 Å². The zero-order chi connectivity index (χ0) is 9.56. The first-order valence-corrected chi connectivity index (χ1v) is 4.37. The summed E-state index contributed by atoms with van der Waals surface area (Å²) >= 11 is 0. The summed E-state index contributed by atoms with van der Waals surface area (Å²) in [5.41, 5.74) is 0. The van der Waals surface area contributed by atoms with E-state index in [1.54, 1.807) is 0 Å². The summed E-state index contributed by atoms with van der Waals surface area (Å²) in [5, 5.41) is 17.8. The molecule has 0 spiro atoms. The van der Waals surface area contributed by atoms with Crippen molar-refractivity contribution in [2.45, 2.75) is 38.8 Å². The van der Waals surface area contributed by atoms with Crippen LogP contribution in [0.4, 0.5) is 0 Å². The highest BCUT2D eigenvalue weighted by molar-refractivity contribution is 4.79. The van der Waals surface area contributed by atoms with Crippen LogP contribution in [0.5, 0.6) is 0 Å². The Kier molecular flexibility index (Phi) is 5.69. The number of aliphatic hydroxyl groups excluding tert-OH is 1. The molecule has 0 aromatic rings. The second-order valence-corrected chi connectivity index (χ2v) is 3.21. The van der Waals surface area contributed by atoms with Crippen molar-refractivity contribution >= 4 is 0 Å². The van der Waals surface area contributed by atoms with Gasteiger partial charge in [0.25, 0.3) is 0 Å². The molecule has 12 heavy (non-hydrogen) atoms. The molecular formula is C9H18N2O. The van der Waals surface area contributed by atoms with Crippen molar-refractivity contribution in [3.63, 3.8) is 0 Å². The van der Waals surface area contributed by atoms with Crippen LogP contribution in [-0.2, 0) is 0 Å². The fourth-order valence-corrected chi connectivity index (χ4v) is 0.929. The van der Waals surface area contributed by atoms with Gasteiger partial charge >= 0.3 is 0 Å². The predicted molar refractivity (Wildman–Crippen MR) is 48.6 cm³/mol. The van der Waals surface area contributed by atoms with Crippen LogP contribution in [0.1, 0.15) is 26.7 Å². The summed E-state index contributed by atoms with van der Waals surface area (Å²) in [4.78, 5) is 2.01. The lowest BCUT2D eigenvalue weighted by Gasteiger charge is -2.24. The van der Waals surface area contributed by atoms with Crippen LogP contribution in [0, 0.1) is 11.3 Å². The maximum absolute atomic E-state index is 9.32. The molecule has 0 aliphatic heterocycles. The molecule has 0 aliphatic carbocycles. The van der Waals surface area contributed by atoms with Gasteiger partial charge in [0.05, 0.1) is 18.6 Å². The van der Waals surface area contributed by atoms with Gasteiger partial charge in [0.2, 0.25) is 0 Å². The van der Waals surface area contributed by atoms with Crippen molar-refractivity contribution in [2.24, 2.45) is 0 Å². The lowest BCUT2D eigenvalue weighted by Crippen LogP contribution is -2.35. The van der Waals surface area contributed by atoms with Crippen LogP contribution in [-0.4, -0.2) is 35.7 Å². The summed E-state index contributed by atoms with van der Waals surface area (Å²) in [7, 11) is 1.93. The van der Waals surface area contributed by atoms with E-state index in [4.69, 9.17) is 5.26 Å². The Balaban J connectivity index is 3.71. The first-order valence-electron chi connectivity index (χ1n) is 4.37. The molecule has 2 unspecified atom stereocenters. The third-order valence-corrected chi connectivity index (χ3v) is 2.11. The molecule has 0 saturated carbocycles. The number of nitrogens with zero attached hydrogens (tertiary/aromatic N) is 2. The van der Waals surface area contributed by atoms with Gasteiger partial charge in [-0.15, -0.1) is 0 Å². The normalized spacial score (nSPS) is 15.7. The number of aliphatic hydroxyl groups is 1. The van der Waals surface area contributed by atoms with E-state index in [1.807, 2.05) is 25.8 Å². The fourth-order valence-electron chi connectivity index (χ4n) is 0.929. The quantitative estimate of drug-likeness (QED) is 0.669. The smallest absolute Gasteiger partial charge is 0.0664 e. The summed E-state index contributed by atoms with van der Waals surface area (Å²) < 4.78 is 0. The molecule has 0 aromatic carbocycles. The highest BCUT2D eigenvalue weighted by Crippen LogP contribution is 2.02. The van der Waals surface area contributed by atoms with Crippen molar-refractivity contribution in [3.05, 3.63) is 0 Å². The molecular weight excluding hydrogens is 152 g/mol. The van der Waals surface area contributed by atoms with Crippen LogP contribution >= 0.6 is 0 Å². The lowest BCUT2D eigenvalue weighted by molar-refractivity contribution is 0.106. The van der Waals surface area contributed by atoms with Gasteiger partial charge in [0.15, 0.2) is 0 Å². The number of rotatable bonds is 5. The Morgan fingerprint density at radius 3 is 2.58 bits per heavy atom. The molecule has 0 fully saturated rings. The minimum atomic E-state index is -0.267. The van der Waals surface area contributed by atoms with E-state index >= 15 is 0 Å². The second kappa shape index (κ2) is 5.99. The van der Waals surface area contributed by atoms with Crippen LogP contribution in [0.3, 0.4) is 0 Å². The summed E-state index contributed by atoms with van der Waals surface area (Å²) in [6.45, 7) is 4.60. The topological polar surface area (TPSA) is 47.3 Å². The van der Waals surface area contributed by atoms with Crippen molar-refractivity contribution in [1.29, 1.82) is 5.26 Å². The Morgan fingerprint density at radius 2 is 2.17 bits per heavy atom. The first kappa shape index (κ1) is 11.4. The van der Waals surface area contributed by atoms with E-state index in [0.717, 1.165) is 6.42 Å². The molecule has 70 valence electrons. The monoisotopic (exact) mass is 170 g/mol. The van der Waals surface area contributed by atoms with Crippen LogP contribution < -0.4 is 0 Å². The molecule has 3 nitrogen and oxygen atoms in total. The molecule has 0 saturated heterocycles. The molecule has 2 atom stereocenters. The zero-order valence-electron chi connectivity index (χ0n) is 8.12. The maximum Gasteiger partial charge on any atom is 0.0664 e. The van der Waals surface area contributed by atoms with Gasteiger partial charge in [0, 0.05) is 12.6 Å². The number of nitriles is 1. The predicted octanol–water partition coefficient (Wildman–Crippen LogP) is 0.991. The molecule has 1 N–H and O–H groups in total. The third kappa shape index (κ3) is 4.32. The van der Waals surface area contributed by atoms with Crippen molar-refractivity contribution in [2.75, 3.05) is 13.6 Å². The highest BCUT2D eigenvalue weighted by atomic mass is 16.3. The Labute approximate surface area is 74.6 Å². The van der Waals surface area contributed by atoms with Crippen LogP contribution in [0.25, 0.3) is 0 Å². The van der Waals surface area contributed by atoms with Crippen LogP contribution in [0.2, 0.25) is 0 Å². The highest BCUT2D eigenvalue weighted by Gasteiger charge is 2.11. The Morgan fingerprint density at radius 1 is 1.58 bits per heavy atom. The van der Waals surface area contributed by atoms with E-state index in [2.05, 4.69) is 6.07 Å². The third-order valence-electron chi connectivity index (χ3n) is 2.11. The fraction of sp³-hybridized carbons (Fsp3) is 0.889. The molecule has 0 aromatic heterocycles. The van der Waals surface area contributed by atoms with Crippen molar-refractivity contribution in [1.82, 2.24) is 4.90 Å². The molecule has 0 heterocycles. The van der Waals surface area contributed by atoms with Crippen molar-refractivity contribution in [3.8, 4) is 6.07 Å². The largest absolute Gasteiger partial charge is 0.392 e. The summed E-state index contributed by atoms with van der Waals surface area (Å²) in [5.74, 6) is 0. The SMILES string of the molecule is CCC(O)CN(C)C(C)CC#N. The zero-order valence-corrected chi connectivity index (χ0v) is 8.12. The van der Waals surface area contributed by atoms with Gasteiger partial charge in [-0.1, -0.05) is 6.92 Å². The standard InChI is InChI=1S/C9H18N2O/c1-4-9(12)7-11(3)8(2)5-6-10/h8-9,12H,4-5,7H2,1-3H3. The molecule has 0 amide bonds. The molecule has 3 heteroatoms. The van der Waals surface area contributed by atoms with Gasteiger partial charge < -0.3 is 10.0 Å². The number of hydrogen-bond donors (Lipinski definition) is 1. The summed E-state index contributed by atoms with van der Waals surface area (Å²) in [6.07, 6.45) is 1.02. The van der Waals surface area contributed by atoms with E-state index < -0.39 is 0 Å². The minimum absolute atomic E-state index is 0.233. The van der Waals surface area contributed by atoms with Gasteiger partial charge in [-0.2, -0.15) is 5.26 Å². The van der Waals surface area contributed by atoms with Gasteiger partial charge in [-0.3, -0.25) is 0 Å². The van der Waals surface area contributed by atoms with Gasteiger partial charge in [-0.25, -0.2) is 0 Å². The molecule has 0 rings (SSSR count). The van der Waals surface area contributed by atoms with E-state index in [1.165, 1.54) is 0 Å². The number of likely N-dealkylation sites (N-methyl/N-ethyl adjacent to an activating group) is 1. The van der Waals surface area contributed by atoms with Gasteiger partial charge in [0.1, 0.15) is 0 Å². The van der Waals surface area contributed by atoms with E-state index in [0.29, 0.717) is 13.0 Å². The van der Waals surface area contributed by atoms with Gasteiger partial charge in [-0.05, 0) is 20.4 Å². The molecule has 0 bridgehead atoms.